The molecule has 0 radical (unpaired) electrons. The fraction of sp³-hybridized carbons (Fsp3) is 0.320. The van der Waals surface area contributed by atoms with Crippen molar-refractivity contribution in [2.75, 3.05) is 44.2 Å². The molecule has 4 heteroatoms. The maximum absolute atomic E-state index is 12.5. The lowest BCUT2D eigenvalue weighted by Crippen LogP contribution is -2.46. The third-order valence-electron chi connectivity index (χ3n) is 5.06. The first-order valence-electron chi connectivity index (χ1n) is 10.2. The minimum atomic E-state index is -0.00280. The Kier molecular flexibility index (Phi) is 7.49. The van der Waals surface area contributed by atoms with Gasteiger partial charge in [-0.2, -0.15) is 0 Å². The van der Waals surface area contributed by atoms with Crippen molar-refractivity contribution in [3.63, 3.8) is 0 Å². The maximum atomic E-state index is 12.5. The predicted octanol–water partition coefficient (Wildman–Crippen LogP) is 4.13. The van der Waals surface area contributed by atoms with Crippen LogP contribution in [-0.4, -0.2) is 50.0 Å². The molecule has 29 heavy (non-hydrogen) atoms. The molecule has 0 atom stereocenters. The van der Waals surface area contributed by atoms with E-state index in [1.54, 1.807) is 6.08 Å². The molecule has 0 amide bonds. The van der Waals surface area contributed by atoms with Gasteiger partial charge in [-0.1, -0.05) is 31.1 Å². The molecule has 1 aliphatic rings. The normalized spacial score (nSPS) is 14.7. The Balaban J connectivity index is 1.55. The van der Waals surface area contributed by atoms with Gasteiger partial charge in [0.15, 0.2) is 5.78 Å². The van der Waals surface area contributed by atoms with E-state index in [9.17, 15) is 4.79 Å². The van der Waals surface area contributed by atoms with Crippen LogP contribution in [0.15, 0.2) is 54.6 Å². The van der Waals surface area contributed by atoms with E-state index in [-0.39, 0.29) is 12.4 Å². The first-order chi connectivity index (χ1) is 14.2. The van der Waals surface area contributed by atoms with Gasteiger partial charge in [0.1, 0.15) is 12.4 Å². The smallest absolute Gasteiger partial charge is 0.185 e. The van der Waals surface area contributed by atoms with Crippen molar-refractivity contribution in [3.05, 3.63) is 65.7 Å². The van der Waals surface area contributed by atoms with Gasteiger partial charge in [0.2, 0.25) is 0 Å². The lowest BCUT2D eigenvalue weighted by Gasteiger charge is -2.36. The largest absolute Gasteiger partial charge is 0.481 e. The number of hydrogen-bond acceptors (Lipinski definition) is 4. The van der Waals surface area contributed by atoms with Gasteiger partial charge >= 0.3 is 0 Å². The molecule has 4 nitrogen and oxygen atoms in total. The molecule has 0 unspecified atom stereocenters. The average Bonchev–Trinajstić information content (AvgIpc) is 2.77. The van der Waals surface area contributed by atoms with Crippen molar-refractivity contribution < 1.29 is 9.53 Å². The SMILES string of the molecule is C#CCOc1ccc(C=CC(=O)c2ccc(N3CCN(CCC)CC3)cc2)cc1. The fourth-order valence-electron chi connectivity index (χ4n) is 3.45. The van der Waals surface area contributed by atoms with Gasteiger partial charge in [0.25, 0.3) is 0 Å². The van der Waals surface area contributed by atoms with E-state index in [4.69, 9.17) is 11.2 Å². The van der Waals surface area contributed by atoms with E-state index >= 15 is 0 Å². The number of ether oxygens (including phenoxy) is 1. The van der Waals surface area contributed by atoms with Crippen molar-refractivity contribution in [2.24, 2.45) is 0 Å². The Hall–Kier alpha value is -3.03. The van der Waals surface area contributed by atoms with Crippen LogP contribution in [0.1, 0.15) is 29.3 Å². The van der Waals surface area contributed by atoms with Gasteiger partial charge in [-0.15, -0.1) is 6.42 Å². The lowest BCUT2D eigenvalue weighted by molar-refractivity contribution is 0.104. The number of terminal acetylenes is 1. The first-order valence-corrected chi connectivity index (χ1v) is 10.2. The highest BCUT2D eigenvalue weighted by Crippen LogP contribution is 2.18. The molecule has 3 rings (SSSR count). The summed E-state index contributed by atoms with van der Waals surface area (Å²) in [5.74, 6) is 3.15. The second-order valence-corrected chi connectivity index (χ2v) is 7.13. The van der Waals surface area contributed by atoms with Crippen LogP contribution in [0.25, 0.3) is 6.08 Å². The summed E-state index contributed by atoms with van der Waals surface area (Å²) in [6.07, 6.45) is 9.81. The summed E-state index contributed by atoms with van der Waals surface area (Å²) in [4.78, 5) is 17.4. The Morgan fingerprint density at radius 1 is 1.07 bits per heavy atom. The molecule has 0 aromatic heterocycles. The number of anilines is 1. The minimum Gasteiger partial charge on any atom is -0.481 e. The summed E-state index contributed by atoms with van der Waals surface area (Å²) in [5, 5.41) is 0. The third kappa shape index (κ3) is 5.97. The highest BCUT2D eigenvalue weighted by molar-refractivity contribution is 6.07. The van der Waals surface area contributed by atoms with Gasteiger partial charge < -0.3 is 9.64 Å². The molecule has 0 N–H and O–H groups in total. The summed E-state index contributed by atoms with van der Waals surface area (Å²) in [7, 11) is 0. The number of piperazine rings is 1. The van der Waals surface area contributed by atoms with Crippen LogP contribution in [0.3, 0.4) is 0 Å². The molecule has 2 aromatic rings. The van der Waals surface area contributed by atoms with Crippen LogP contribution in [0.5, 0.6) is 5.75 Å². The number of benzene rings is 2. The average molecular weight is 389 g/mol. The number of allylic oxidation sites excluding steroid dienone is 1. The minimum absolute atomic E-state index is 0.00280. The summed E-state index contributed by atoms with van der Waals surface area (Å²) >= 11 is 0. The highest BCUT2D eigenvalue weighted by Gasteiger charge is 2.16. The molecule has 0 spiro atoms. The second-order valence-electron chi connectivity index (χ2n) is 7.13. The summed E-state index contributed by atoms with van der Waals surface area (Å²) in [6, 6.07) is 15.4. The number of carbonyl (C=O) groups is 1. The standard InChI is InChI=1S/C25H28N2O2/c1-3-15-26-16-18-27(19-17-26)23-10-8-22(9-11-23)25(28)14-7-21-5-12-24(13-6-21)29-20-4-2/h2,5-14H,3,15-20H2,1H3. The van der Waals surface area contributed by atoms with Crippen molar-refractivity contribution >= 4 is 17.5 Å². The highest BCUT2D eigenvalue weighted by atomic mass is 16.5. The lowest BCUT2D eigenvalue weighted by atomic mass is 10.1. The van der Waals surface area contributed by atoms with Crippen molar-refractivity contribution in [1.82, 2.24) is 4.90 Å². The summed E-state index contributed by atoms with van der Waals surface area (Å²) < 4.78 is 5.35. The van der Waals surface area contributed by atoms with Crippen LogP contribution in [-0.2, 0) is 0 Å². The van der Waals surface area contributed by atoms with Gasteiger partial charge in [0.05, 0.1) is 0 Å². The molecule has 2 aromatic carbocycles. The molecule has 150 valence electrons. The molecule has 1 aliphatic heterocycles. The number of rotatable bonds is 8. The van der Waals surface area contributed by atoms with Gasteiger partial charge in [-0.05, 0) is 61.0 Å². The first kappa shape index (κ1) is 20.7. The van der Waals surface area contributed by atoms with Crippen molar-refractivity contribution in [1.29, 1.82) is 0 Å². The Bertz CT molecular complexity index is 855. The zero-order chi connectivity index (χ0) is 20.5. The zero-order valence-electron chi connectivity index (χ0n) is 17.0. The molecular formula is C25H28N2O2. The van der Waals surface area contributed by atoms with Gasteiger partial charge in [-0.3, -0.25) is 9.69 Å². The van der Waals surface area contributed by atoms with Gasteiger partial charge in [-0.25, -0.2) is 0 Å². The Morgan fingerprint density at radius 2 is 1.76 bits per heavy atom. The number of hydrogen-bond donors (Lipinski definition) is 0. The topological polar surface area (TPSA) is 32.8 Å². The zero-order valence-corrected chi connectivity index (χ0v) is 17.0. The summed E-state index contributed by atoms with van der Waals surface area (Å²) in [5.41, 5.74) is 2.82. The second kappa shape index (κ2) is 10.5. The number of ketones is 1. The Labute approximate surface area is 173 Å². The quantitative estimate of drug-likeness (QED) is 0.387. The molecule has 0 aliphatic carbocycles. The van der Waals surface area contributed by atoms with Crippen LogP contribution >= 0.6 is 0 Å². The third-order valence-corrected chi connectivity index (χ3v) is 5.06. The predicted molar refractivity (Wildman–Crippen MR) is 120 cm³/mol. The van der Waals surface area contributed by atoms with E-state index in [1.807, 2.05) is 54.6 Å². The molecule has 1 fully saturated rings. The Morgan fingerprint density at radius 3 is 2.38 bits per heavy atom. The summed E-state index contributed by atoms with van der Waals surface area (Å²) in [6.45, 7) is 7.92. The van der Waals surface area contributed by atoms with Crippen molar-refractivity contribution in [3.8, 4) is 18.1 Å². The van der Waals surface area contributed by atoms with Crippen molar-refractivity contribution in [2.45, 2.75) is 13.3 Å². The maximum Gasteiger partial charge on any atom is 0.185 e. The van der Waals surface area contributed by atoms with E-state index in [1.165, 1.54) is 18.7 Å². The van der Waals surface area contributed by atoms with E-state index in [0.29, 0.717) is 5.56 Å². The monoisotopic (exact) mass is 388 g/mol. The van der Waals surface area contributed by atoms with E-state index in [0.717, 1.165) is 37.5 Å². The molecule has 1 heterocycles. The van der Waals surface area contributed by atoms with Crippen LogP contribution in [0.4, 0.5) is 5.69 Å². The van der Waals surface area contributed by atoms with Gasteiger partial charge in [0, 0.05) is 37.4 Å². The van der Waals surface area contributed by atoms with E-state index < -0.39 is 0 Å². The molecule has 0 saturated carbocycles. The fourth-order valence-corrected chi connectivity index (χ4v) is 3.45. The van der Waals surface area contributed by atoms with E-state index in [2.05, 4.69) is 22.6 Å². The molecular weight excluding hydrogens is 360 g/mol. The number of carbonyl (C=O) groups excluding carboxylic acids is 1. The van der Waals surface area contributed by atoms with Crippen LogP contribution in [0, 0.1) is 12.3 Å². The number of nitrogens with zero attached hydrogens (tertiary/aromatic N) is 2. The van der Waals surface area contributed by atoms with Crippen LogP contribution in [0.2, 0.25) is 0 Å². The molecule has 1 saturated heterocycles. The van der Waals surface area contributed by atoms with Crippen LogP contribution < -0.4 is 9.64 Å². The molecule has 0 bridgehead atoms.